The molecule has 0 atom stereocenters. The van der Waals surface area contributed by atoms with Gasteiger partial charge in [-0.15, -0.1) is 0 Å². The molecule has 1 saturated heterocycles. The van der Waals surface area contributed by atoms with Crippen LogP contribution in [-0.4, -0.2) is 28.3 Å². The summed E-state index contributed by atoms with van der Waals surface area (Å²) >= 11 is 5.28. The largest absolute Gasteiger partial charge is 0.341 e. The Balaban J connectivity index is 2.16. The van der Waals surface area contributed by atoms with Gasteiger partial charge in [-0.05, 0) is 24.4 Å². The number of hydrogen-bond acceptors (Lipinski definition) is 4. The van der Waals surface area contributed by atoms with E-state index in [-0.39, 0.29) is 0 Å². The maximum Gasteiger partial charge on any atom is 0.255 e. The Morgan fingerprint density at radius 3 is 2.36 bits per heavy atom. The molecule has 2 rings (SSSR count). The van der Waals surface area contributed by atoms with E-state index in [9.17, 15) is 4.79 Å². The van der Waals surface area contributed by atoms with Crippen molar-refractivity contribution in [2.75, 3.05) is 18.0 Å². The Bertz CT molecular complexity index is 332. The van der Waals surface area contributed by atoms with Crippen molar-refractivity contribution in [2.45, 2.75) is 12.8 Å². The molecule has 4 nitrogen and oxygen atoms in total. The average Bonchev–Trinajstić information content (AvgIpc) is 2.71. The first-order valence-electron chi connectivity index (χ1n) is 4.54. The molecular formula is C9H10ClN3O. The van der Waals surface area contributed by atoms with Crippen molar-refractivity contribution >= 4 is 22.8 Å². The number of hydrogen-bond donors (Lipinski definition) is 0. The third-order valence-corrected chi connectivity index (χ3v) is 2.47. The molecule has 0 spiro atoms. The average molecular weight is 212 g/mol. The first-order chi connectivity index (χ1) is 6.77. The highest BCUT2D eigenvalue weighted by atomic mass is 35.5. The van der Waals surface area contributed by atoms with Crippen LogP contribution in [0.3, 0.4) is 0 Å². The van der Waals surface area contributed by atoms with Gasteiger partial charge in [0.05, 0.1) is 5.56 Å². The molecule has 1 aromatic heterocycles. The van der Waals surface area contributed by atoms with E-state index >= 15 is 0 Å². The zero-order valence-electron chi connectivity index (χ0n) is 7.61. The highest BCUT2D eigenvalue weighted by molar-refractivity contribution is 6.67. The molecule has 74 valence electrons. The minimum Gasteiger partial charge on any atom is -0.341 e. The monoisotopic (exact) mass is 211 g/mol. The lowest BCUT2D eigenvalue weighted by atomic mass is 10.4. The van der Waals surface area contributed by atoms with Crippen LogP contribution < -0.4 is 4.90 Å². The van der Waals surface area contributed by atoms with Crippen LogP contribution in [0.4, 0.5) is 5.95 Å². The SMILES string of the molecule is O=C(Cl)c1cnc(N2CCCC2)nc1. The molecule has 1 aliphatic heterocycles. The summed E-state index contributed by atoms with van der Waals surface area (Å²) < 4.78 is 0. The Morgan fingerprint density at radius 2 is 1.86 bits per heavy atom. The number of carbonyl (C=O) groups is 1. The molecule has 0 radical (unpaired) electrons. The number of rotatable bonds is 2. The van der Waals surface area contributed by atoms with E-state index in [1.807, 2.05) is 0 Å². The minimum absolute atomic E-state index is 0.342. The fourth-order valence-electron chi connectivity index (χ4n) is 1.50. The molecule has 0 aliphatic carbocycles. The van der Waals surface area contributed by atoms with Gasteiger partial charge in [0.1, 0.15) is 0 Å². The zero-order chi connectivity index (χ0) is 9.97. The Hall–Kier alpha value is -1.16. The topological polar surface area (TPSA) is 46.1 Å². The van der Waals surface area contributed by atoms with Crippen molar-refractivity contribution in [1.82, 2.24) is 9.97 Å². The molecule has 1 aromatic rings. The zero-order valence-corrected chi connectivity index (χ0v) is 8.37. The van der Waals surface area contributed by atoms with Gasteiger partial charge in [-0.2, -0.15) is 0 Å². The Morgan fingerprint density at radius 1 is 1.29 bits per heavy atom. The van der Waals surface area contributed by atoms with Crippen LogP contribution in [0, 0.1) is 0 Å². The van der Waals surface area contributed by atoms with E-state index in [1.54, 1.807) is 0 Å². The summed E-state index contributed by atoms with van der Waals surface area (Å²) in [4.78, 5) is 21.0. The normalized spacial score (nSPS) is 15.9. The van der Waals surface area contributed by atoms with E-state index in [2.05, 4.69) is 14.9 Å². The fourth-order valence-corrected chi connectivity index (χ4v) is 1.60. The summed E-state index contributed by atoms with van der Waals surface area (Å²) in [5.74, 6) is 0.684. The van der Waals surface area contributed by atoms with E-state index in [4.69, 9.17) is 11.6 Å². The van der Waals surface area contributed by atoms with Crippen LogP contribution in [0.25, 0.3) is 0 Å². The lowest BCUT2D eigenvalue weighted by Crippen LogP contribution is -2.20. The number of aromatic nitrogens is 2. The standard InChI is InChI=1S/C9H10ClN3O/c10-8(14)7-5-11-9(12-6-7)13-3-1-2-4-13/h5-6H,1-4H2. The van der Waals surface area contributed by atoms with Crippen LogP contribution in [0.15, 0.2) is 12.4 Å². The van der Waals surface area contributed by atoms with Gasteiger partial charge >= 0.3 is 0 Å². The van der Waals surface area contributed by atoms with Gasteiger partial charge in [-0.3, -0.25) is 4.79 Å². The summed E-state index contributed by atoms with van der Waals surface area (Å²) in [6.07, 6.45) is 5.30. The second-order valence-electron chi connectivity index (χ2n) is 3.24. The minimum atomic E-state index is -0.516. The number of nitrogens with zero attached hydrogens (tertiary/aromatic N) is 3. The van der Waals surface area contributed by atoms with Crippen molar-refractivity contribution in [3.05, 3.63) is 18.0 Å². The van der Waals surface area contributed by atoms with E-state index in [0.717, 1.165) is 13.1 Å². The second-order valence-corrected chi connectivity index (χ2v) is 3.58. The van der Waals surface area contributed by atoms with Crippen molar-refractivity contribution in [1.29, 1.82) is 0 Å². The molecular weight excluding hydrogens is 202 g/mol. The lowest BCUT2D eigenvalue weighted by molar-refractivity contribution is 0.108. The van der Waals surface area contributed by atoms with Gasteiger partial charge in [0.15, 0.2) is 0 Å². The highest BCUT2D eigenvalue weighted by Crippen LogP contribution is 2.15. The maximum absolute atomic E-state index is 10.7. The quantitative estimate of drug-likeness (QED) is 0.695. The van der Waals surface area contributed by atoms with Gasteiger partial charge in [0.25, 0.3) is 5.24 Å². The molecule has 0 amide bonds. The van der Waals surface area contributed by atoms with Crippen LogP contribution in [0.2, 0.25) is 0 Å². The third kappa shape index (κ3) is 1.85. The number of halogens is 1. The van der Waals surface area contributed by atoms with E-state index < -0.39 is 5.24 Å². The van der Waals surface area contributed by atoms with E-state index in [1.165, 1.54) is 25.2 Å². The van der Waals surface area contributed by atoms with Gasteiger partial charge in [-0.1, -0.05) is 0 Å². The first kappa shape index (κ1) is 9.40. The van der Waals surface area contributed by atoms with Crippen LogP contribution in [0.5, 0.6) is 0 Å². The van der Waals surface area contributed by atoms with Crippen molar-refractivity contribution in [3.8, 4) is 0 Å². The molecule has 5 heteroatoms. The molecule has 2 heterocycles. The lowest BCUT2D eigenvalue weighted by Gasteiger charge is -2.13. The second kappa shape index (κ2) is 3.92. The summed E-state index contributed by atoms with van der Waals surface area (Å²) in [6.45, 7) is 1.99. The molecule has 0 N–H and O–H groups in total. The summed E-state index contributed by atoms with van der Waals surface area (Å²) in [5, 5.41) is -0.516. The highest BCUT2D eigenvalue weighted by Gasteiger charge is 2.14. The van der Waals surface area contributed by atoms with Crippen molar-refractivity contribution < 1.29 is 4.79 Å². The Kier molecular flexibility index (Phi) is 2.63. The van der Waals surface area contributed by atoms with E-state index in [0.29, 0.717) is 11.5 Å². The van der Waals surface area contributed by atoms with Gasteiger partial charge in [-0.25, -0.2) is 9.97 Å². The molecule has 1 fully saturated rings. The first-order valence-corrected chi connectivity index (χ1v) is 4.92. The third-order valence-electron chi connectivity index (χ3n) is 2.25. The van der Waals surface area contributed by atoms with Crippen LogP contribution in [0.1, 0.15) is 23.2 Å². The van der Waals surface area contributed by atoms with Crippen LogP contribution in [-0.2, 0) is 0 Å². The van der Waals surface area contributed by atoms with Gasteiger partial charge in [0.2, 0.25) is 5.95 Å². The summed E-state index contributed by atoms with van der Waals surface area (Å²) in [7, 11) is 0. The molecule has 14 heavy (non-hydrogen) atoms. The predicted molar refractivity (Wildman–Crippen MR) is 53.7 cm³/mol. The fraction of sp³-hybridized carbons (Fsp3) is 0.444. The smallest absolute Gasteiger partial charge is 0.255 e. The van der Waals surface area contributed by atoms with Gasteiger partial charge in [0, 0.05) is 25.5 Å². The Labute approximate surface area is 86.9 Å². The molecule has 1 aliphatic rings. The molecule has 0 unspecified atom stereocenters. The molecule has 0 bridgehead atoms. The van der Waals surface area contributed by atoms with Gasteiger partial charge < -0.3 is 4.90 Å². The predicted octanol–water partition coefficient (Wildman–Crippen LogP) is 1.46. The summed E-state index contributed by atoms with van der Waals surface area (Å²) in [6, 6.07) is 0. The van der Waals surface area contributed by atoms with Crippen molar-refractivity contribution in [3.63, 3.8) is 0 Å². The molecule has 0 aromatic carbocycles. The maximum atomic E-state index is 10.7. The number of carbonyl (C=O) groups excluding carboxylic acids is 1. The summed E-state index contributed by atoms with van der Waals surface area (Å²) in [5.41, 5.74) is 0.342. The van der Waals surface area contributed by atoms with Crippen LogP contribution >= 0.6 is 11.6 Å². The van der Waals surface area contributed by atoms with Crippen molar-refractivity contribution in [2.24, 2.45) is 0 Å². The molecule has 0 saturated carbocycles. The number of anilines is 1.